The number of para-hydroxylation sites is 1. The van der Waals surface area contributed by atoms with Crippen molar-refractivity contribution in [3.63, 3.8) is 0 Å². The lowest BCUT2D eigenvalue weighted by molar-refractivity contribution is -0.117. The van der Waals surface area contributed by atoms with Gasteiger partial charge in [-0.05, 0) is 12.1 Å². The number of carbonyl (C=O) groups excluding carboxylic acids is 2. The minimum absolute atomic E-state index is 0.0559. The van der Waals surface area contributed by atoms with E-state index >= 15 is 0 Å². The van der Waals surface area contributed by atoms with Crippen LogP contribution in [0.5, 0.6) is 0 Å². The van der Waals surface area contributed by atoms with E-state index in [0.717, 1.165) is 17.4 Å². The molecule has 8 heteroatoms. The maximum atomic E-state index is 11.6. The van der Waals surface area contributed by atoms with E-state index < -0.39 is 11.9 Å². The molecule has 2 aromatic rings. The van der Waals surface area contributed by atoms with Gasteiger partial charge in [-0.25, -0.2) is 14.5 Å². The lowest BCUT2D eigenvalue weighted by Gasteiger charge is -2.03. The molecule has 0 aliphatic carbocycles. The summed E-state index contributed by atoms with van der Waals surface area (Å²) in [6.45, 7) is 3.77. The lowest BCUT2D eigenvalue weighted by Crippen LogP contribution is -2.40. The number of urea groups is 1. The highest BCUT2D eigenvalue weighted by Crippen LogP contribution is 2.13. The first-order valence-electron chi connectivity index (χ1n) is 6.47. The van der Waals surface area contributed by atoms with Gasteiger partial charge in [-0.15, -0.1) is 11.7 Å². The van der Waals surface area contributed by atoms with Gasteiger partial charge in [-0.2, -0.15) is 0 Å². The van der Waals surface area contributed by atoms with Crippen LogP contribution in [0.3, 0.4) is 0 Å². The van der Waals surface area contributed by atoms with Crippen LogP contribution in [0.2, 0.25) is 0 Å². The summed E-state index contributed by atoms with van der Waals surface area (Å²) in [7, 11) is 0. The highest BCUT2D eigenvalue weighted by Gasteiger charge is 2.10. The highest BCUT2D eigenvalue weighted by atomic mass is 32.2. The Morgan fingerprint density at radius 2 is 2.09 bits per heavy atom. The van der Waals surface area contributed by atoms with Crippen molar-refractivity contribution in [1.29, 1.82) is 0 Å². The number of carbonyl (C=O) groups is 2. The van der Waals surface area contributed by atoms with Gasteiger partial charge in [0, 0.05) is 6.54 Å². The van der Waals surface area contributed by atoms with Crippen LogP contribution < -0.4 is 10.6 Å². The monoisotopic (exact) mass is 317 g/mol. The zero-order valence-electron chi connectivity index (χ0n) is 11.7. The summed E-state index contributed by atoms with van der Waals surface area (Å²) in [6.07, 6.45) is 3.10. The van der Waals surface area contributed by atoms with Crippen molar-refractivity contribution < 1.29 is 9.59 Å². The molecule has 0 fully saturated rings. The molecule has 114 valence electrons. The molecule has 2 N–H and O–H groups in total. The Kier molecular flexibility index (Phi) is 5.73. The molecule has 1 aromatic carbocycles. The predicted molar refractivity (Wildman–Crippen MR) is 83.8 cm³/mol. The number of benzene rings is 1. The van der Waals surface area contributed by atoms with Crippen molar-refractivity contribution in [2.45, 2.75) is 5.16 Å². The van der Waals surface area contributed by atoms with Crippen LogP contribution in [0, 0.1) is 0 Å². The first-order valence-corrected chi connectivity index (χ1v) is 7.46. The molecule has 2 rings (SSSR count). The molecule has 7 nitrogen and oxygen atoms in total. The number of aromatic nitrogens is 3. The van der Waals surface area contributed by atoms with Crippen molar-refractivity contribution in [2.24, 2.45) is 0 Å². The fourth-order valence-corrected chi connectivity index (χ4v) is 2.12. The summed E-state index contributed by atoms with van der Waals surface area (Å²) in [5, 5.41) is 9.38. The molecule has 1 heterocycles. The summed E-state index contributed by atoms with van der Waals surface area (Å²) in [5.74, 6) is -0.358. The van der Waals surface area contributed by atoms with Gasteiger partial charge in [-0.3, -0.25) is 10.1 Å². The Balaban J connectivity index is 1.82. The number of thioether (sulfide) groups is 1. The van der Waals surface area contributed by atoms with Gasteiger partial charge in [0.05, 0.1) is 11.4 Å². The van der Waals surface area contributed by atoms with Crippen molar-refractivity contribution in [3.8, 4) is 5.69 Å². The lowest BCUT2D eigenvalue weighted by atomic mass is 10.3. The summed E-state index contributed by atoms with van der Waals surface area (Å²) in [5.41, 5.74) is 0.884. The van der Waals surface area contributed by atoms with Gasteiger partial charge in [0.15, 0.2) is 0 Å². The minimum Gasteiger partial charge on any atom is -0.334 e. The average molecular weight is 317 g/mol. The SMILES string of the molecule is C=CCNC(=O)NC(=O)CSc1ncn(-c2ccccc2)n1. The number of amides is 3. The largest absolute Gasteiger partial charge is 0.334 e. The Hall–Kier alpha value is -2.61. The van der Waals surface area contributed by atoms with Crippen LogP contribution in [0.25, 0.3) is 5.69 Å². The number of nitrogens with one attached hydrogen (secondary N) is 2. The number of rotatable bonds is 6. The highest BCUT2D eigenvalue weighted by molar-refractivity contribution is 7.99. The van der Waals surface area contributed by atoms with Crippen LogP contribution >= 0.6 is 11.8 Å². The van der Waals surface area contributed by atoms with Crippen molar-refractivity contribution >= 4 is 23.7 Å². The first-order chi connectivity index (χ1) is 10.7. The summed E-state index contributed by atoms with van der Waals surface area (Å²) < 4.78 is 1.62. The first kappa shape index (κ1) is 15.8. The third-order valence-corrected chi connectivity index (χ3v) is 3.34. The molecule has 0 saturated carbocycles. The Morgan fingerprint density at radius 1 is 1.32 bits per heavy atom. The number of hydrogen-bond donors (Lipinski definition) is 2. The Bertz CT molecular complexity index is 656. The van der Waals surface area contributed by atoms with Gasteiger partial charge < -0.3 is 5.32 Å². The molecule has 0 spiro atoms. The minimum atomic E-state index is -0.548. The van der Waals surface area contributed by atoms with Crippen LogP contribution in [0.4, 0.5) is 4.79 Å². The van der Waals surface area contributed by atoms with Crippen molar-refractivity contribution in [2.75, 3.05) is 12.3 Å². The van der Waals surface area contributed by atoms with E-state index in [0.29, 0.717) is 11.7 Å². The van der Waals surface area contributed by atoms with Crippen LogP contribution in [-0.4, -0.2) is 39.0 Å². The van der Waals surface area contributed by atoms with Crippen molar-refractivity contribution in [3.05, 3.63) is 49.3 Å². The van der Waals surface area contributed by atoms with Gasteiger partial charge in [-0.1, -0.05) is 36.0 Å². The fourth-order valence-electron chi connectivity index (χ4n) is 1.52. The molecule has 0 atom stereocenters. The molecule has 22 heavy (non-hydrogen) atoms. The summed E-state index contributed by atoms with van der Waals surface area (Å²) >= 11 is 1.15. The molecule has 1 aromatic heterocycles. The van der Waals surface area contributed by atoms with Gasteiger partial charge in [0.25, 0.3) is 0 Å². The molecular weight excluding hydrogens is 302 g/mol. The van der Waals surface area contributed by atoms with E-state index in [2.05, 4.69) is 27.3 Å². The molecule has 0 radical (unpaired) electrons. The zero-order valence-corrected chi connectivity index (χ0v) is 12.5. The third-order valence-electron chi connectivity index (χ3n) is 2.48. The van der Waals surface area contributed by atoms with Gasteiger partial charge >= 0.3 is 6.03 Å². The zero-order chi connectivity index (χ0) is 15.8. The van der Waals surface area contributed by atoms with Gasteiger partial charge in [0.2, 0.25) is 11.1 Å². The molecular formula is C14H15N5O2S. The maximum absolute atomic E-state index is 11.6. The van der Waals surface area contributed by atoms with Crippen LogP contribution in [0.1, 0.15) is 0 Å². The number of imide groups is 1. The Labute approximate surface area is 131 Å². The van der Waals surface area contributed by atoms with E-state index in [1.54, 1.807) is 11.0 Å². The molecule has 0 aliphatic rings. The summed E-state index contributed by atoms with van der Waals surface area (Å²) in [4.78, 5) is 27.0. The van der Waals surface area contributed by atoms with Crippen LogP contribution in [0.15, 0.2) is 54.5 Å². The second-order valence-corrected chi connectivity index (χ2v) is 5.09. The fraction of sp³-hybridized carbons (Fsp3) is 0.143. The van der Waals surface area contributed by atoms with E-state index in [1.165, 1.54) is 6.08 Å². The predicted octanol–water partition coefficient (Wildman–Crippen LogP) is 1.37. The van der Waals surface area contributed by atoms with E-state index in [-0.39, 0.29) is 5.75 Å². The van der Waals surface area contributed by atoms with Crippen molar-refractivity contribution in [1.82, 2.24) is 25.4 Å². The van der Waals surface area contributed by atoms with E-state index in [1.807, 2.05) is 30.3 Å². The number of hydrogen-bond acceptors (Lipinski definition) is 5. The molecule has 3 amide bonds. The van der Waals surface area contributed by atoms with E-state index in [9.17, 15) is 9.59 Å². The molecule has 0 unspecified atom stereocenters. The normalized spacial score (nSPS) is 10.0. The van der Waals surface area contributed by atoms with Crippen LogP contribution in [-0.2, 0) is 4.79 Å². The second kappa shape index (κ2) is 7.99. The summed E-state index contributed by atoms with van der Waals surface area (Å²) in [6, 6.07) is 8.98. The number of nitrogens with zero attached hydrogens (tertiary/aromatic N) is 3. The Morgan fingerprint density at radius 3 is 2.82 bits per heavy atom. The average Bonchev–Trinajstić information content (AvgIpc) is 3.01. The van der Waals surface area contributed by atoms with Gasteiger partial charge in [0.1, 0.15) is 6.33 Å². The second-order valence-electron chi connectivity index (χ2n) is 4.14. The molecule has 0 aliphatic heterocycles. The molecule has 0 saturated heterocycles. The maximum Gasteiger partial charge on any atom is 0.321 e. The molecule has 0 bridgehead atoms. The topological polar surface area (TPSA) is 88.9 Å². The standard InChI is InChI=1S/C14H15N5O2S/c1-2-8-15-13(21)17-12(20)9-22-14-16-10-19(18-14)11-6-4-3-5-7-11/h2-7,10H,1,8-9H2,(H2,15,17,20,21). The third kappa shape index (κ3) is 4.74. The van der Waals surface area contributed by atoms with E-state index in [4.69, 9.17) is 0 Å². The quantitative estimate of drug-likeness (QED) is 0.620. The smallest absolute Gasteiger partial charge is 0.321 e.